The number of amides is 3. The van der Waals surface area contributed by atoms with Crippen LogP contribution in [0.2, 0.25) is 5.02 Å². The average molecular weight is 716 g/mol. The molecule has 2 aliphatic rings. The van der Waals surface area contributed by atoms with Crippen molar-refractivity contribution in [3.63, 3.8) is 0 Å². The SMILES string of the molecule is Cn1c(-c2cn(-c3ccc(N)cn3)nc2C(F)(F)F)cnc1C(=O)Nc1ccc(C(=O)N2CCN(C(=O)C[N+]3(C)CCC(O)C3)CC2)c(Cl)c1. The van der Waals surface area contributed by atoms with E-state index in [2.05, 4.69) is 20.4 Å². The number of piperazine rings is 1. The van der Waals surface area contributed by atoms with Gasteiger partial charge in [0.1, 0.15) is 12.6 Å². The molecule has 2 unspecified atom stereocenters. The summed E-state index contributed by atoms with van der Waals surface area (Å²) in [5.41, 5.74) is 4.89. The molecule has 0 saturated carbocycles. The fourth-order valence-corrected chi connectivity index (χ4v) is 6.56. The van der Waals surface area contributed by atoms with Crippen molar-refractivity contribution in [1.29, 1.82) is 0 Å². The number of nitrogens with two attached hydrogens (primary N) is 1. The molecule has 3 amide bonds. The van der Waals surface area contributed by atoms with Crippen molar-refractivity contribution in [1.82, 2.24) is 34.1 Å². The number of halogens is 4. The van der Waals surface area contributed by atoms with Crippen molar-refractivity contribution in [3.8, 4) is 17.1 Å². The summed E-state index contributed by atoms with van der Waals surface area (Å²) >= 11 is 6.48. The van der Waals surface area contributed by atoms with Gasteiger partial charge in [-0.25, -0.2) is 14.6 Å². The molecule has 50 heavy (non-hydrogen) atoms. The number of carbonyl (C=O) groups excluding carboxylic acids is 3. The Morgan fingerprint density at radius 3 is 2.42 bits per heavy atom. The number of nitrogens with zero attached hydrogens (tertiary/aromatic N) is 8. The third kappa shape index (κ3) is 7.15. The maximum atomic E-state index is 14.0. The van der Waals surface area contributed by atoms with Crippen LogP contribution in [0.5, 0.6) is 0 Å². The number of nitrogen functional groups attached to an aromatic ring is 1. The number of carbonyl (C=O) groups is 3. The highest BCUT2D eigenvalue weighted by atomic mass is 35.5. The van der Waals surface area contributed by atoms with E-state index in [1.54, 1.807) is 9.80 Å². The summed E-state index contributed by atoms with van der Waals surface area (Å²) < 4.78 is 44.7. The van der Waals surface area contributed by atoms with E-state index < -0.39 is 23.9 Å². The molecule has 3 aromatic heterocycles. The third-order valence-electron chi connectivity index (χ3n) is 9.00. The van der Waals surface area contributed by atoms with Crippen LogP contribution >= 0.6 is 11.6 Å². The fourth-order valence-electron chi connectivity index (χ4n) is 6.30. The fraction of sp³-hybridized carbons (Fsp3) is 0.375. The lowest BCUT2D eigenvalue weighted by molar-refractivity contribution is -0.891. The van der Waals surface area contributed by atoms with Crippen LogP contribution in [0.3, 0.4) is 0 Å². The molecular weight excluding hydrogens is 681 g/mol. The summed E-state index contributed by atoms with van der Waals surface area (Å²) in [6.45, 7) is 2.95. The van der Waals surface area contributed by atoms with Gasteiger partial charge in [-0.1, -0.05) is 11.6 Å². The molecule has 6 rings (SSSR count). The highest BCUT2D eigenvalue weighted by Gasteiger charge is 2.39. The number of aromatic nitrogens is 5. The van der Waals surface area contributed by atoms with E-state index in [4.69, 9.17) is 17.3 Å². The van der Waals surface area contributed by atoms with Gasteiger partial charge in [0.25, 0.3) is 17.7 Å². The first-order chi connectivity index (χ1) is 23.6. The van der Waals surface area contributed by atoms with Gasteiger partial charge in [0, 0.05) is 51.5 Å². The van der Waals surface area contributed by atoms with Crippen molar-refractivity contribution < 1.29 is 37.1 Å². The number of rotatable bonds is 7. The molecule has 0 radical (unpaired) electrons. The van der Waals surface area contributed by atoms with Gasteiger partial charge in [0.05, 0.1) is 53.5 Å². The molecule has 0 spiro atoms. The standard InChI is InChI=1S/C32H34ClF3N10O4/c1-42-25(23-16-45(41-28(23)32(34,35)36)26-6-3-19(37)14-38-26)15-39-29(42)30(49)40-20-4-5-22(24(33)13-20)31(50)44-10-8-43(9-11-44)27(48)18-46(2)12-7-21(47)17-46/h3-6,13-16,21,47H,7-12,17-18,37H2,1-2H3/p+1. The van der Waals surface area contributed by atoms with Crippen LogP contribution in [0.4, 0.5) is 24.5 Å². The van der Waals surface area contributed by atoms with Crippen molar-refractivity contribution in [3.05, 3.63) is 71.0 Å². The Labute approximate surface area is 289 Å². The van der Waals surface area contributed by atoms with Crippen LogP contribution in [0.15, 0.2) is 48.9 Å². The van der Waals surface area contributed by atoms with Gasteiger partial charge in [0.15, 0.2) is 23.9 Å². The van der Waals surface area contributed by atoms with Gasteiger partial charge < -0.3 is 35.0 Å². The number of nitrogens with one attached hydrogen (secondary N) is 1. The number of likely N-dealkylation sites (tertiary alicyclic amines) is 1. The van der Waals surface area contributed by atoms with Gasteiger partial charge in [-0.3, -0.25) is 14.4 Å². The first kappa shape index (κ1) is 34.8. The predicted octanol–water partition coefficient (Wildman–Crippen LogP) is 2.67. The molecule has 0 aliphatic carbocycles. The van der Waals surface area contributed by atoms with Crippen LogP contribution < -0.4 is 11.1 Å². The number of hydrogen-bond acceptors (Lipinski definition) is 8. The van der Waals surface area contributed by atoms with Gasteiger partial charge >= 0.3 is 6.18 Å². The van der Waals surface area contributed by atoms with E-state index in [0.29, 0.717) is 55.9 Å². The molecule has 4 N–H and O–H groups in total. The largest absolute Gasteiger partial charge is 0.435 e. The van der Waals surface area contributed by atoms with E-state index >= 15 is 0 Å². The maximum absolute atomic E-state index is 14.0. The quantitative estimate of drug-likeness (QED) is 0.246. The molecule has 4 aromatic rings. The molecule has 2 aliphatic heterocycles. The van der Waals surface area contributed by atoms with E-state index in [0.717, 1.165) is 23.6 Å². The second-order valence-corrected chi connectivity index (χ2v) is 13.2. The van der Waals surface area contributed by atoms with Gasteiger partial charge in [0.2, 0.25) is 0 Å². The molecule has 2 atom stereocenters. The zero-order valence-electron chi connectivity index (χ0n) is 27.2. The summed E-state index contributed by atoms with van der Waals surface area (Å²) in [5.74, 6) is -1.15. The average Bonchev–Trinajstić information content (AvgIpc) is 3.77. The van der Waals surface area contributed by atoms with Crippen LogP contribution in [0, 0.1) is 0 Å². The van der Waals surface area contributed by atoms with Gasteiger partial charge in [-0.05, 0) is 30.3 Å². The van der Waals surface area contributed by atoms with Crippen LogP contribution in [-0.4, -0.2) is 120 Å². The number of hydrogen-bond donors (Lipinski definition) is 3. The lowest BCUT2D eigenvalue weighted by Crippen LogP contribution is -2.55. The van der Waals surface area contributed by atoms with E-state index in [9.17, 15) is 32.7 Å². The minimum absolute atomic E-state index is 0.0158. The predicted molar refractivity (Wildman–Crippen MR) is 176 cm³/mol. The van der Waals surface area contributed by atoms with Gasteiger partial charge in [-0.15, -0.1) is 0 Å². The highest BCUT2D eigenvalue weighted by molar-refractivity contribution is 6.34. The molecule has 18 heteroatoms. The number of benzene rings is 1. The Morgan fingerprint density at radius 1 is 1.08 bits per heavy atom. The number of alkyl halides is 3. The first-order valence-corrected chi connectivity index (χ1v) is 16.1. The van der Waals surface area contributed by atoms with Gasteiger partial charge in [-0.2, -0.15) is 18.3 Å². The Hall–Kier alpha value is -5.00. The van der Waals surface area contributed by atoms with Crippen LogP contribution in [0.25, 0.3) is 17.1 Å². The second-order valence-electron chi connectivity index (χ2n) is 12.8. The summed E-state index contributed by atoms with van der Waals surface area (Å²) in [7, 11) is 3.36. The molecular formula is C32H35ClF3N10O4+. The van der Waals surface area contributed by atoms with E-state index in [1.807, 2.05) is 7.05 Å². The Morgan fingerprint density at radius 2 is 1.80 bits per heavy atom. The number of likely N-dealkylation sites (N-methyl/N-ethyl adjacent to an activating group) is 1. The highest BCUT2D eigenvalue weighted by Crippen LogP contribution is 2.37. The summed E-state index contributed by atoms with van der Waals surface area (Å²) in [4.78, 5) is 50.9. The zero-order valence-corrected chi connectivity index (χ0v) is 27.9. The number of anilines is 2. The Bertz CT molecular complexity index is 1940. The minimum atomic E-state index is -4.82. The Kier molecular flexibility index (Phi) is 9.32. The third-order valence-corrected chi connectivity index (χ3v) is 9.32. The van der Waals surface area contributed by atoms with Crippen molar-refractivity contribution in [2.75, 3.05) is 63.9 Å². The maximum Gasteiger partial charge on any atom is 0.435 e. The monoisotopic (exact) mass is 715 g/mol. The lowest BCUT2D eigenvalue weighted by atomic mass is 10.1. The number of pyridine rings is 1. The molecule has 2 fully saturated rings. The summed E-state index contributed by atoms with van der Waals surface area (Å²) in [6, 6.07) is 7.26. The molecule has 1 aromatic carbocycles. The minimum Gasteiger partial charge on any atom is -0.397 e. The summed E-state index contributed by atoms with van der Waals surface area (Å²) in [6.07, 6.45) is -0.963. The van der Waals surface area contributed by atoms with Crippen LogP contribution in [0.1, 0.15) is 33.1 Å². The molecule has 5 heterocycles. The molecule has 264 valence electrons. The number of aliphatic hydroxyl groups excluding tert-OH is 1. The second kappa shape index (κ2) is 13.4. The Balaban J connectivity index is 1.11. The van der Waals surface area contributed by atoms with Crippen molar-refractivity contribution in [2.45, 2.75) is 18.7 Å². The van der Waals surface area contributed by atoms with E-state index in [-0.39, 0.29) is 51.0 Å². The topological polar surface area (TPSA) is 164 Å². The molecule has 14 nitrogen and oxygen atoms in total. The molecule has 2 saturated heterocycles. The van der Waals surface area contributed by atoms with Crippen molar-refractivity contribution in [2.24, 2.45) is 7.05 Å². The first-order valence-electron chi connectivity index (χ1n) is 15.7. The van der Waals surface area contributed by atoms with E-state index in [1.165, 1.54) is 48.1 Å². The molecule has 0 bridgehead atoms. The zero-order chi connectivity index (χ0) is 36.0. The van der Waals surface area contributed by atoms with Crippen molar-refractivity contribution >= 4 is 40.7 Å². The number of imidazole rings is 1. The number of aliphatic hydroxyl groups is 1. The number of quaternary nitrogens is 1. The normalized spacial score (nSPS) is 19.5. The van der Waals surface area contributed by atoms with Crippen LogP contribution in [-0.2, 0) is 18.0 Å². The smallest absolute Gasteiger partial charge is 0.397 e. The summed E-state index contributed by atoms with van der Waals surface area (Å²) in [5, 5.41) is 16.3. The lowest BCUT2D eigenvalue weighted by Gasteiger charge is -2.37.